The summed E-state index contributed by atoms with van der Waals surface area (Å²) in [5, 5.41) is 19.8. The van der Waals surface area contributed by atoms with Crippen molar-refractivity contribution >= 4 is 23.5 Å². The van der Waals surface area contributed by atoms with Crippen LogP contribution in [0.1, 0.15) is 27.6 Å². The van der Waals surface area contributed by atoms with Crippen LogP contribution < -0.4 is 5.32 Å². The van der Waals surface area contributed by atoms with Crippen molar-refractivity contribution in [3.05, 3.63) is 29.3 Å². The molecule has 1 aromatic rings. The molecule has 1 rings (SSSR count). The van der Waals surface area contributed by atoms with Gasteiger partial charge < -0.3 is 15.5 Å². The number of anilines is 1. The molecule has 0 spiro atoms. The number of carbonyl (C=O) groups is 3. The average molecular weight is 223 g/mol. The van der Waals surface area contributed by atoms with Gasteiger partial charge in [-0.2, -0.15) is 0 Å². The number of rotatable bonds is 3. The van der Waals surface area contributed by atoms with Gasteiger partial charge in [-0.05, 0) is 18.2 Å². The SMILES string of the molecule is CC(=O)Nc1ccc(C(=O)O)cc1C(=O)O. The maximum Gasteiger partial charge on any atom is 0.337 e. The van der Waals surface area contributed by atoms with E-state index in [2.05, 4.69) is 5.32 Å². The fourth-order valence-electron chi connectivity index (χ4n) is 1.15. The first-order valence-corrected chi connectivity index (χ1v) is 4.30. The number of carbonyl (C=O) groups excluding carboxylic acids is 1. The van der Waals surface area contributed by atoms with E-state index >= 15 is 0 Å². The molecule has 6 heteroatoms. The zero-order chi connectivity index (χ0) is 12.3. The smallest absolute Gasteiger partial charge is 0.337 e. The zero-order valence-corrected chi connectivity index (χ0v) is 8.35. The molecule has 6 nitrogen and oxygen atoms in total. The highest BCUT2D eigenvalue weighted by atomic mass is 16.4. The minimum Gasteiger partial charge on any atom is -0.478 e. The number of amides is 1. The van der Waals surface area contributed by atoms with Gasteiger partial charge >= 0.3 is 11.9 Å². The molecule has 0 aliphatic rings. The standard InChI is InChI=1S/C10H9NO5/c1-5(12)11-8-3-2-6(9(13)14)4-7(8)10(15)16/h2-4H,1H3,(H,11,12)(H,13,14)(H,15,16). The average Bonchev–Trinajstić information content (AvgIpc) is 2.16. The van der Waals surface area contributed by atoms with E-state index < -0.39 is 17.8 Å². The van der Waals surface area contributed by atoms with E-state index in [1.165, 1.54) is 19.1 Å². The van der Waals surface area contributed by atoms with Gasteiger partial charge in [-0.25, -0.2) is 9.59 Å². The van der Waals surface area contributed by atoms with Crippen molar-refractivity contribution in [1.29, 1.82) is 0 Å². The Balaban J connectivity index is 3.24. The quantitative estimate of drug-likeness (QED) is 0.710. The highest BCUT2D eigenvalue weighted by Gasteiger charge is 2.14. The number of hydrogen-bond acceptors (Lipinski definition) is 3. The third-order valence-corrected chi connectivity index (χ3v) is 1.81. The Morgan fingerprint density at radius 3 is 2.19 bits per heavy atom. The van der Waals surface area contributed by atoms with E-state index in [0.29, 0.717) is 0 Å². The van der Waals surface area contributed by atoms with E-state index in [1.54, 1.807) is 0 Å². The summed E-state index contributed by atoms with van der Waals surface area (Å²) in [6, 6.07) is 3.46. The minimum atomic E-state index is -1.30. The highest BCUT2D eigenvalue weighted by molar-refractivity contribution is 6.02. The van der Waals surface area contributed by atoms with Crippen molar-refractivity contribution in [1.82, 2.24) is 0 Å². The largest absolute Gasteiger partial charge is 0.478 e. The van der Waals surface area contributed by atoms with Crippen molar-refractivity contribution in [3.8, 4) is 0 Å². The molecule has 1 aromatic carbocycles. The lowest BCUT2D eigenvalue weighted by Crippen LogP contribution is -2.12. The van der Waals surface area contributed by atoms with Gasteiger partial charge in [0.15, 0.2) is 0 Å². The normalized spacial score (nSPS) is 9.56. The van der Waals surface area contributed by atoms with E-state index in [4.69, 9.17) is 10.2 Å². The molecular weight excluding hydrogens is 214 g/mol. The summed E-state index contributed by atoms with van der Waals surface area (Å²) in [7, 11) is 0. The predicted molar refractivity (Wildman–Crippen MR) is 54.7 cm³/mol. The minimum absolute atomic E-state index is 0.0741. The summed E-state index contributed by atoms with van der Waals surface area (Å²) >= 11 is 0. The van der Waals surface area contributed by atoms with Crippen molar-refractivity contribution in [3.63, 3.8) is 0 Å². The first-order chi connectivity index (χ1) is 7.41. The Hall–Kier alpha value is -2.37. The van der Waals surface area contributed by atoms with E-state index in [1.807, 2.05) is 0 Å². The number of hydrogen-bond donors (Lipinski definition) is 3. The van der Waals surface area contributed by atoms with Crippen LogP contribution >= 0.6 is 0 Å². The summed E-state index contributed by atoms with van der Waals surface area (Å²) in [6.45, 7) is 1.23. The molecule has 0 unspecified atom stereocenters. The zero-order valence-electron chi connectivity index (χ0n) is 8.35. The third kappa shape index (κ3) is 2.57. The molecule has 0 bridgehead atoms. The molecule has 0 heterocycles. The number of benzene rings is 1. The van der Waals surface area contributed by atoms with Gasteiger partial charge in [0, 0.05) is 6.92 Å². The molecule has 84 valence electrons. The van der Waals surface area contributed by atoms with Crippen LogP contribution in [-0.2, 0) is 4.79 Å². The van der Waals surface area contributed by atoms with Crippen LogP contribution in [0.2, 0.25) is 0 Å². The molecule has 0 saturated heterocycles. The summed E-state index contributed by atoms with van der Waals surface area (Å²) in [6.07, 6.45) is 0. The Morgan fingerprint density at radius 2 is 1.75 bits per heavy atom. The maximum absolute atomic E-state index is 10.8. The lowest BCUT2D eigenvalue weighted by atomic mass is 10.1. The summed E-state index contributed by atoms with van der Waals surface area (Å²) in [5.74, 6) is -2.95. The van der Waals surface area contributed by atoms with Crippen molar-refractivity contribution in [2.24, 2.45) is 0 Å². The molecule has 3 N–H and O–H groups in total. The Labute approximate surface area is 90.5 Å². The Morgan fingerprint density at radius 1 is 1.12 bits per heavy atom. The molecule has 0 radical (unpaired) electrons. The van der Waals surface area contributed by atoms with Gasteiger partial charge in [-0.3, -0.25) is 4.79 Å². The molecule has 0 aliphatic heterocycles. The highest BCUT2D eigenvalue weighted by Crippen LogP contribution is 2.17. The topological polar surface area (TPSA) is 104 Å². The molecule has 16 heavy (non-hydrogen) atoms. The van der Waals surface area contributed by atoms with Crippen LogP contribution in [0.5, 0.6) is 0 Å². The number of aromatic carboxylic acids is 2. The number of carboxylic acids is 2. The molecule has 0 aromatic heterocycles. The summed E-state index contributed by atoms with van der Waals surface area (Å²) in [5.41, 5.74) is -0.327. The first-order valence-electron chi connectivity index (χ1n) is 4.30. The van der Waals surface area contributed by atoms with E-state index in [0.717, 1.165) is 6.07 Å². The van der Waals surface area contributed by atoms with Crippen molar-refractivity contribution in [2.45, 2.75) is 6.92 Å². The van der Waals surface area contributed by atoms with Gasteiger partial charge in [0.05, 0.1) is 16.8 Å². The van der Waals surface area contributed by atoms with Gasteiger partial charge in [-0.15, -0.1) is 0 Å². The number of nitrogens with one attached hydrogen (secondary N) is 1. The van der Waals surface area contributed by atoms with E-state index in [-0.39, 0.29) is 16.8 Å². The second-order valence-electron chi connectivity index (χ2n) is 3.05. The van der Waals surface area contributed by atoms with Gasteiger partial charge in [0.1, 0.15) is 0 Å². The third-order valence-electron chi connectivity index (χ3n) is 1.81. The molecule has 0 atom stereocenters. The van der Waals surface area contributed by atoms with Crippen molar-refractivity contribution in [2.75, 3.05) is 5.32 Å². The maximum atomic E-state index is 10.8. The van der Waals surface area contributed by atoms with Gasteiger partial charge in [0.2, 0.25) is 5.91 Å². The molecular formula is C10H9NO5. The van der Waals surface area contributed by atoms with Crippen LogP contribution in [0.3, 0.4) is 0 Å². The Bertz CT molecular complexity index is 466. The van der Waals surface area contributed by atoms with E-state index in [9.17, 15) is 14.4 Å². The lowest BCUT2D eigenvalue weighted by molar-refractivity contribution is -0.114. The fraction of sp³-hybridized carbons (Fsp3) is 0.100. The van der Waals surface area contributed by atoms with Crippen molar-refractivity contribution < 1.29 is 24.6 Å². The molecule has 0 saturated carbocycles. The number of carboxylic acid groups (broad SMARTS) is 2. The molecule has 0 fully saturated rings. The monoisotopic (exact) mass is 223 g/mol. The van der Waals surface area contributed by atoms with Crippen LogP contribution in [-0.4, -0.2) is 28.1 Å². The van der Waals surface area contributed by atoms with Crippen LogP contribution in [0.25, 0.3) is 0 Å². The second-order valence-corrected chi connectivity index (χ2v) is 3.05. The van der Waals surface area contributed by atoms with Gasteiger partial charge in [-0.1, -0.05) is 0 Å². The Kier molecular flexibility index (Phi) is 3.24. The first kappa shape index (κ1) is 11.7. The van der Waals surface area contributed by atoms with Gasteiger partial charge in [0.25, 0.3) is 0 Å². The fourth-order valence-corrected chi connectivity index (χ4v) is 1.15. The van der Waals surface area contributed by atoms with Crippen LogP contribution in [0, 0.1) is 0 Å². The second kappa shape index (κ2) is 4.43. The van der Waals surface area contributed by atoms with Crippen LogP contribution in [0.15, 0.2) is 18.2 Å². The molecule has 1 amide bonds. The van der Waals surface area contributed by atoms with Crippen LogP contribution in [0.4, 0.5) is 5.69 Å². The molecule has 0 aliphatic carbocycles. The summed E-state index contributed by atoms with van der Waals surface area (Å²) < 4.78 is 0. The predicted octanol–water partition coefficient (Wildman–Crippen LogP) is 1.04. The lowest BCUT2D eigenvalue weighted by Gasteiger charge is -2.07. The summed E-state index contributed by atoms with van der Waals surface area (Å²) in [4.78, 5) is 32.2.